The maximum atomic E-state index is 13.1. The van der Waals surface area contributed by atoms with E-state index in [2.05, 4.69) is 5.16 Å². The van der Waals surface area contributed by atoms with Crippen molar-refractivity contribution in [1.82, 2.24) is 10.1 Å². The van der Waals surface area contributed by atoms with E-state index in [9.17, 15) is 14.7 Å². The monoisotopic (exact) mass is 378 g/mol. The van der Waals surface area contributed by atoms with E-state index in [-0.39, 0.29) is 25.0 Å². The first-order valence-electron chi connectivity index (χ1n) is 9.14. The molecule has 0 saturated carbocycles. The van der Waals surface area contributed by atoms with Crippen molar-refractivity contribution in [2.75, 3.05) is 26.3 Å². The molecule has 2 aliphatic rings. The summed E-state index contributed by atoms with van der Waals surface area (Å²) in [7, 11) is 0. The van der Waals surface area contributed by atoms with Crippen LogP contribution >= 0.6 is 0 Å². The molecule has 0 radical (unpaired) electrons. The normalized spacial score (nSPS) is 23.9. The third kappa shape index (κ3) is 2.43. The molecule has 3 aromatic rings. The van der Waals surface area contributed by atoms with E-state index in [0.29, 0.717) is 30.0 Å². The highest BCUT2D eigenvalue weighted by molar-refractivity contribution is 6.01. The maximum Gasteiger partial charge on any atom is 0.314 e. The zero-order chi connectivity index (χ0) is 19.3. The number of ether oxygens (including phenoxy) is 1. The van der Waals surface area contributed by atoms with E-state index in [0.717, 1.165) is 10.9 Å². The van der Waals surface area contributed by atoms with Gasteiger partial charge in [-0.1, -0.05) is 35.5 Å². The van der Waals surface area contributed by atoms with Gasteiger partial charge in [0.2, 0.25) is 0 Å². The fraction of sp³-hybridized carbons (Fsp3) is 0.286. The number of hydrogen-bond donors (Lipinski definition) is 1. The number of aliphatic carboxylic acids is 1. The minimum absolute atomic E-state index is 0.152. The highest BCUT2D eigenvalue weighted by Crippen LogP contribution is 2.42. The Morgan fingerprint density at radius 2 is 2.00 bits per heavy atom. The highest BCUT2D eigenvalue weighted by atomic mass is 16.5. The molecule has 2 atom stereocenters. The predicted octanol–water partition coefficient (Wildman–Crippen LogP) is 2.67. The number of rotatable bonds is 3. The summed E-state index contributed by atoms with van der Waals surface area (Å²) in [4.78, 5) is 26.5. The number of amides is 1. The standard InChI is InChI=1S/C21H18N2O5/c24-19(23-9-15-10-27-12-21(15,11-23)20(25)26)14-6-7-17-16(8-14)18(28-22-17)13-4-2-1-3-5-13/h1-8,15H,9-12H2,(H,25,26)/t15-,21-/m1/s1. The number of carboxylic acids is 1. The second kappa shape index (κ2) is 6.17. The Balaban J connectivity index is 1.48. The van der Waals surface area contributed by atoms with Crippen molar-refractivity contribution in [2.24, 2.45) is 11.3 Å². The molecular weight excluding hydrogens is 360 g/mol. The SMILES string of the molecule is O=C(c1ccc2noc(-c3ccccc3)c2c1)N1C[C@@H]2COC[C@]2(C(=O)O)C1. The maximum absolute atomic E-state index is 13.1. The minimum atomic E-state index is -0.994. The smallest absolute Gasteiger partial charge is 0.314 e. The number of carboxylic acid groups (broad SMARTS) is 1. The molecule has 142 valence electrons. The number of carbonyl (C=O) groups excluding carboxylic acids is 1. The lowest BCUT2D eigenvalue weighted by Gasteiger charge is -2.22. The second-order valence-corrected chi connectivity index (χ2v) is 7.47. The van der Waals surface area contributed by atoms with Gasteiger partial charge in [0.1, 0.15) is 10.9 Å². The molecule has 1 N–H and O–H groups in total. The van der Waals surface area contributed by atoms with Crippen LogP contribution in [-0.4, -0.2) is 53.3 Å². The lowest BCUT2D eigenvalue weighted by molar-refractivity contribution is -0.149. The molecule has 7 heteroatoms. The Hall–Kier alpha value is -3.19. The molecule has 1 amide bonds. The van der Waals surface area contributed by atoms with Gasteiger partial charge in [-0.25, -0.2) is 0 Å². The molecule has 0 bridgehead atoms. The Morgan fingerprint density at radius 1 is 1.18 bits per heavy atom. The molecular formula is C21H18N2O5. The Morgan fingerprint density at radius 3 is 2.75 bits per heavy atom. The Bertz CT molecular complexity index is 1080. The van der Waals surface area contributed by atoms with Crippen molar-refractivity contribution in [3.8, 4) is 11.3 Å². The third-order valence-electron chi connectivity index (χ3n) is 5.85. The van der Waals surface area contributed by atoms with Gasteiger partial charge in [-0.05, 0) is 18.2 Å². The van der Waals surface area contributed by atoms with Gasteiger partial charge >= 0.3 is 5.97 Å². The first-order chi connectivity index (χ1) is 13.6. The number of benzene rings is 2. The van der Waals surface area contributed by atoms with E-state index >= 15 is 0 Å². The Labute approximate surface area is 160 Å². The van der Waals surface area contributed by atoms with Gasteiger partial charge in [0.05, 0.1) is 18.6 Å². The number of hydrogen-bond acceptors (Lipinski definition) is 5. The van der Waals surface area contributed by atoms with Gasteiger partial charge in [-0.15, -0.1) is 0 Å². The van der Waals surface area contributed by atoms with Crippen LogP contribution in [0.3, 0.4) is 0 Å². The van der Waals surface area contributed by atoms with Crippen LogP contribution in [0, 0.1) is 11.3 Å². The summed E-state index contributed by atoms with van der Waals surface area (Å²) in [5.41, 5.74) is 1.05. The van der Waals surface area contributed by atoms with Crippen LogP contribution < -0.4 is 0 Å². The van der Waals surface area contributed by atoms with E-state index in [1.54, 1.807) is 23.1 Å². The molecule has 1 aromatic heterocycles. The second-order valence-electron chi connectivity index (χ2n) is 7.47. The topological polar surface area (TPSA) is 92.9 Å². The average Bonchev–Trinajstić information content (AvgIpc) is 3.40. The molecule has 0 spiro atoms. The Kier molecular flexibility index (Phi) is 3.73. The molecule has 28 heavy (non-hydrogen) atoms. The first-order valence-corrected chi connectivity index (χ1v) is 9.14. The van der Waals surface area contributed by atoms with E-state index < -0.39 is 11.4 Å². The van der Waals surface area contributed by atoms with Gasteiger partial charge in [0.25, 0.3) is 5.91 Å². The van der Waals surface area contributed by atoms with Gasteiger partial charge in [0.15, 0.2) is 5.76 Å². The van der Waals surface area contributed by atoms with Gasteiger partial charge in [0, 0.05) is 30.1 Å². The van der Waals surface area contributed by atoms with Crippen LogP contribution in [0.4, 0.5) is 0 Å². The van der Waals surface area contributed by atoms with Gasteiger partial charge in [-0.3, -0.25) is 9.59 Å². The van der Waals surface area contributed by atoms with Crippen molar-refractivity contribution < 1.29 is 24.0 Å². The fourth-order valence-electron chi connectivity index (χ4n) is 4.25. The quantitative estimate of drug-likeness (QED) is 0.753. The molecule has 0 aliphatic carbocycles. The van der Waals surface area contributed by atoms with Gasteiger partial charge < -0.3 is 19.3 Å². The average molecular weight is 378 g/mol. The number of nitrogens with zero attached hydrogens (tertiary/aromatic N) is 2. The molecule has 2 saturated heterocycles. The fourth-order valence-corrected chi connectivity index (χ4v) is 4.25. The van der Waals surface area contributed by atoms with Crippen molar-refractivity contribution in [3.63, 3.8) is 0 Å². The van der Waals surface area contributed by atoms with Crippen LogP contribution in [0.25, 0.3) is 22.2 Å². The summed E-state index contributed by atoms with van der Waals surface area (Å²) in [5, 5.41) is 14.5. The lowest BCUT2D eigenvalue weighted by Crippen LogP contribution is -2.40. The molecule has 2 fully saturated rings. The number of carbonyl (C=O) groups is 2. The molecule has 5 rings (SSSR count). The first kappa shape index (κ1) is 16.9. The minimum Gasteiger partial charge on any atom is -0.481 e. The zero-order valence-corrected chi connectivity index (χ0v) is 15.0. The lowest BCUT2D eigenvalue weighted by atomic mass is 9.81. The van der Waals surface area contributed by atoms with E-state index in [1.165, 1.54) is 0 Å². The summed E-state index contributed by atoms with van der Waals surface area (Å²) >= 11 is 0. The summed E-state index contributed by atoms with van der Waals surface area (Å²) in [6.07, 6.45) is 0. The predicted molar refractivity (Wildman–Crippen MR) is 99.7 cm³/mol. The van der Waals surface area contributed by atoms with Crippen LogP contribution in [0.5, 0.6) is 0 Å². The van der Waals surface area contributed by atoms with Crippen LogP contribution in [0.15, 0.2) is 53.1 Å². The highest BCUT2D eigenvalue weighted by Gasteiger charge is 2.57. The van der Waals surface area contributed by atoms with Crippen molar-refractivity contribution in [2.45, 2.75) is 0 Å². The number of likely N-dealkylation sites (tertiary alicyclic amines) is 1. The van der Waals surface area contributed by atoms with Crippen LogP contribution in [0.1, 0.15) is 10.4 Å². The molecule has 3 heterocycles. The van der Waals surface area contributed by atoms with E-state index in [4.69, 9.17) is 9.26 Å². The third-order valence-corrected chi connectivity index (χ3v) is 5.85. The molecule has 2 aliphatic heterocycles. The number of fused-ring (bicyclic) bond motifs is 2. The summed E-state index contributed by atoms with van der Waals surface area (Å²) < 4.78 is 10.9. The summed E-state index contributed by atoms with van der Waals surface area (Å²) in [6, 6.07) is 14.8. The van der Waals surface area contributed by atoms with Crippen LogP contribution in [-0.2, 0) is 9.53 Å². The van der Waals surface area contributed by atoms with Gasteiger partial charge in [-0.2, -0.15) is 0 Å². The largest absolute Gasteiger partial charge is 0.481 e. The van der Waals surface area contributed by atoms with Crippen molar-refractivity contribution in [3.05, 3.63) is 54.1 Å². The molecule has 2 aromatic carbocycles. The van der Waals surface area contributed by atoms with Crippen LogP contribution in [0.2, 0.25) is 0 Å². The zero-order valence-electron chi connectivity index (χ0n) is 15.0. The summed E-state index contributed by atoms with van der Waals surface area (Å²) in [6.45, 7) is 1.08. The number of aromatic nitrogens is 1. The molecule has 7 nitrogen and oxygen atoms in total. The van der Waals surface area contributed by atoms with Crippen molar-refractivity contribution in [1.29, 1.82) is 0 Å². The molecule has 0 unspecified atom stereocenters. The van der Waals surface area contributed by atoms with E-state index in [1.807, 2.05) is 30.3 Å². The summed E-state index contributed by atoms with van der Waals surface area (Å²) in [5.74, 6) is -0.643. The van der Waals surface area contributed by atoms with Crippen molar-refractivity contribution >= 4 is 22.8 Å².